The molecule has 3 aromatic rings. The van der Waals surface area contributed by atoms with Crippen molar-refractivity contribution in [2.24, 2.45) is 0 Å². The molecule has 0 atom stereocenters. The lowest BCUT2D eigenvalue weighted by atomic mass is 10.1. The zero-order valence-electron chi connectivity index (χ0n) is 18.8. The summed E-state index contributed by atoms with van der Waals surface area (Å²) in [5.74, 6) is -0.236. The number of nitrogens with one attached hydrogen (secondary N) is 1. The van der Waals surface area contributed by atoms with Crippen LogP contribution in [0.3, 0.4) is 0 Å². The summed E-state index contributed by atoms with van der Waals surface area (Å²) in [5.41, 5.74) is 1.50. The van der Waals surface area contributed by atoms with E-state index < -0.39 is 11.7 Å². The van der Waals surface area contributed by atoms with E-state index >= 15 is 0 Å². The van der Waals surface area contributed by atoms with Crippen LogP contribution >= 0.6 is 0 Å². The Balaban J connectivity index is 1.58. The molecule has 0 spiro atoms. The number of ketones is 1. The van der Waals surface area contributed by atoms with Gasteiger partial charge < -0.3 is 24.3 Å². The molecule has 172 valence electrons. The van der Waals surface area contributed by atoms with E-state index in [1.807, 2.05) is 18.2 Å². The summed E-state index contributed by atoms with van der Waals surface area (Å²) < 4.78 is 12.2. The number of hydrogen-bond acceptors (Lipinski definition) is 5. The fourth-order valence-electron chi connectivity index (χ4n) is 4.17. The standard InChI is InChI=1S/C25H27N3O5/c1-32-17-10-11-22(33-2)20(14-17)26-23(29)16-28-15-19(18-8-4-5-9-21(18)28)24(30)25(31)27-12-6-3-7-13-27/h4-5,8-11,14-15H,3,6-7,12-13,16H2,1-2H3,(H,26,29). The summed E-state index contributed by atoms with van der Waals surface area (Å²) >= 11 is 0. The van der Waals surface area contributed by atoms with E-state index in [0.717, 1.165) is 19.3 Å². The van der Waals surface area contributed by atoms with Gasteiger partial charge in [0.2, 0.25) is 5.91 Å². The summed E-state index contributed by atoms with van der Waals surface area (Å²) in [6.07, 6.45) is 4.49. The van der Waals surface area contributed by atoms with Crippen LogP contribution in [0.25, 0.3) is 10.9 Å². The van der Waals surface area contributed by atoms with Gasteiger partial charge in [0.1, 0.15) is 18.0 Å². The summed E-state index contributed by atoms with van der Waals surface area (Å²) in [5, 5.41) is 3.49. The number of benzene rings is 2. The van der Waals surface area contributed by atoms with Gasteiger partial charge in [0.15, 0.2) is 0 Å². The molecule has 1 aliphatic rings. The molecule has 0 radical (unpaired) electrons. The molecule has 1 N–H and O–H groups in total. The van der Waals surface area contributed by atoms with Gasteiger partial charge in [-0.05, 0) is 37.5 Å². The van der Waals surface area contributed by atoms with E-state index in [1.165, 1.54) is 7.11 Å². The minimum Gasteiger partial charge on any atom is -0.497 e. The van der Waals surface area contributed by atoms with Gasteiger partial charge in [0.25, 0.3) is 11.7 Å². The lowest BCUT2D eigenvalue weighted by molar-refractivity contribution is -0.127. The van der Waals surface area contributed by atoms with Gasteiger partial charge in [-0.1, -0.05) is 18.2 Å². The third kappa shape index (κ3) is 4.69. The van der Waals surface area contributed by atoms with Crippen LogP contribution in [0.2, 0.25) is 0 Å². The second kappa shape index (κ2) is 9.77. The predicted octanol–water partition coefficient (Wildman–Crippen LogP) is 3.49. The maximum absolute atomic E-state index is 13.1. The number of aromatic nitrogens is 1. The first kappa shape index (κ1) is 22.4. The lowest BCUT2D eigenvalue weighted by Crippen LogP contribution is -2.40. The van der Waals surface area contributed by atoms with Gasteiger partial charge in [-0.15, -0.1) is 0 Å². The number of hydrogen-bond donors (Lipinski definition) is 1. The van der Waals surface area contributed by atoms with E-state index in [-0.39, 0.29) is 12.5 Å². The molecule has 1 saturated heterocycles. The normalized spacial score (nSPS) is 13.6. The highest BCUT2D eigenvalue weighted by Gasteiger charge is 2.27. The number of methoxy groups -OCH3 is 2. The van der Waals surface area contributed by atoms with E-state index in [4.69, 9.17) is 9.47 Å². The first-order valence-corrected chi connectivity index (χ1v) is 10.9. The number of anilines is 1. The molecule has 0 unspecified atom stereocenters. The van der Waals surface area contributed by atoms with E-state index in [2.05, 4.69) is 5.32 Å². The average Bonchev–Trinajstić information content (AvgIpc) is 3.21. The Kier molecular flexibility index (Phi) is 6.63. The number of piperidine rings is 1. The Morgan fingerprint density at radius 2 is 1.73 bits per heavy atom. The van der Waals surface area contributed by atoms with Gasteiger partial charge in [-0.3, -0.25) is 14.4 Å². The number of nitrogens with zero attached hydrogens (tertiary/aromatic N) is 2. The lowest BCUT2D eigenvalue weighted by Gasteiger charge is -2.25. The third-order valence-corrected chi connectivity index (χ3v) is 5.87. The highest BCUT2D eigenvalue weighted by atomic mass is 16.5. The topological polar surface area (TPSA) is 89.9 Å². The van der Waals surface area contributed by atoms with Crippen molar-refractivity contribution in [3.8, 4) is 11.5 Å². The highest BCUT2D eigenvalue weighted by Crippen LogP contribution is 2.29. The number of carbonyl (C=O) groups excluding carboxylic acids is 3. The van der Waals surface area contributed by atoms with Gasteiger partial charge in [0.05, 0.1) is 25.5 Å². The Labute approximate surface area is 192 Å². The molecular formula is C25H27N3O5. The maximum Gasteiger partial charge on any atom is 0.295 e. The molecular weight excluding hydrogens is 422 g/mol. The molecule has 8 heteroatoms. The van der Waals surface area contributed by atoms with Crippen LogP contribution < -0.4 is 14.8 Å². The summed E-state index contributed by atoms with van der Waals surface area (Å²) in [7, 11) is 3.07. The van der Waals surface area contributed by atoms with Crippen LogP contribution in [0.4, 0.5) is 5.69 Å². The van der Waals surface area contributed by atoms with Crippen LogP contribution in [-0.4, -0.2) is 54.4 Å². The van der Waals surface area contributed by atoms with Crippen molar-refractivity contribution in [1.29, 1.82) is 0 Å². The van der Waals surface area contributed by atoms with Crippen molar-refractivity contribution in [2.75, 3.05) is 32.6 Å². The Hall–Kier alpha value is -3.81. The number of carbonyl (C=O) groups is 3. The number of rotatable bonds is 7. The number of amides is 2. The molecule has 2 aromatic carbocycles. The molecule has 4 rings (SSSR count). The smallest absolute Gasteiger partial charge is 0.295 e. The molecule has 1 fully saturated rings. The first-order valence-electron chi connectivity index (χ1n) is 10.9. The molecule has 0 aliphatic carbocycles. The van der Waals surface area contributed by atoms with Crippen molar-refractivity contribution in [3.63, 3.8) is 0 Å². The quantitative estimate of drug-likeness (QED) is 0.441. The average molecular weight is 450 g/mol. The largest absolute Gasteiger partial charge is 0.497 e. The van der Waals surface area contributed by atoms with Crippen molar-refractivity contribution < 1.29 is 23.9 Å². The van der Waals surface area contributed by atoms with Crippen LogP contribution in [-0.2, 0) is 16.1 Å². The summed E-state index contributed by atoms with van der Waals surface area (Å²) in [6, 6.07) is 12.4. The van der Waals surface area contributed by atoms with Crippen LogP contribution in [0, 0.1) is 0 Å². The number of para-hydroxylation sites is 1. The number of ether oxygens (including phenoxy) is 2. The summed E-state index contributed by atoms with van der Waals surface area (Å²) in [6.45, 7) is 1.17. The number of fused-ring (bicyclic) bond motifs is 1. The second-order valence-corrected chi connectivity index (χ2v) is 7.98. The van der Waals surface area contributed by atoms with Crippen molar-refractivity contribution >= 4 is 34.2 Å². The zero-order valence-corrected chi connectivity index (χ0v) is 18.8. The monoisotopic (exact) mass is 449 g/mol. The second-order valence-electron chi connectivity index (χ2n) is 7.98. The molecule has 0 bridgehead atoms. The molecule has 8 nitrogen and oxygen atoms in total. The predicted molar refractivity (Wildman–Crippen MR) is 125 cm³/mol. The molecule has 1 aromatic heterocycles. The van der Waals surface area contributed by atoms with Gasteiger partial charge in [-0.25, -0.2) is 0 Å². The number of Topliss-reactive ketones (excluding diaryl/α,β-unsaturated/α-hetero) is 1. The fraction of sp³-hybridized carbons (Fsp3) is 0.320. The van der Waals surface area contributed by atoms with E-state index in [9.17, 15) is 14.4 Å². The Bertz CT molecular complexity index is 1190. The van der Waals surface area contributed by atoms with Gasteiger partial charge in [-0.2, -0.15) is 0 Å². The van der Waals surface area contributed by atoms with E-state index in [1.54, 1.807) is 47.0 Å². The highest BCUT2D eigenvalue weighted by molar-refractivity contribution is 6.44. The van der Waals surface area contributed by atoms with Crippen LogP contribution in [0.1, 0.15) is 29.6 Å². The molecule has 2 heterocycles. The molecule has 33 heavy (non-hydrogen) atoms. The van der Waals surface area contributed by atoms with Crippen LogP contribution in [0.15, 0.2) is 48.7 Å². The fourth-order valence-corrected chi connectivity index (χ4v) is 4.17. The van der Waals surface area contributed by atoms with Gasteiger partial charge >= 0.3 is 0 Å². The molecule has 0 saturated carbocycles. The third-order valence-electron chi connectivity index (χ3n) is 5.87. The Morgan fingerprint density at radius 3 is 2.45 bits per heavy atom. The maximum atomic E-state index is 13.1. The van der Waals surface area contributed by atoms with E-state index in [0.29, 0.717) is 46.7 Å². The molecule has 2 amide bonds. The molecule has 1 aliphatic heterocycles. The van der Waals surface area contributed by atoms with Crippen molar-refractivity contribution in [3.05, 3.63) is 54.2 Å². The first-order chi connectivity index (χ1) is 16.0. The minimum atomic E-state index is -0.540. The zero-order chi connectivity index (χ0) is 23.4. The van der Waals surface area contributed by atoms with Gasteiger partial charge in [0, 0.05) is 36.3 Å². The minimum absolute atomic E-state index is 0.0357. The summed E-state index contributed by atoms with van der Waals surface area (Å²) in [4.78, 5) is 40.4. The SMILES string of the molecule is COc1ccc(OC)c(NC(=O)Cn2cc(C(=O)C(=O)N3CCCCC3)c3ccccc32)c1. The van der Waals surface area contributed by atoms with Crippen molar-refractivity contribution in [2.45, 2.75) is 25.8 Å². The van der Waals surface area contributed by atoms with Crippen molar-refractivity contribution in [1.82, 2.24) is 9.47 Å². The Morgan fingerprint density at radius 1 is 0.970 bits per heavy atom. The number of likely N-dealkylation sites (tertiary alicyclic amines) is 1. The van der Waals surface area contributed by atoms with Crippen LogP contribution in [0.5, 0.6) is 11.5 Å².